The fourth-order valence-electron chi connectivity index (χ4n) is 3.22. The van der Waals surface area contributed by atoms with E-state index in [1.165, 1.54) is 15.9 Å². The molecule has 0 aliphatic carbocycles. The third-order valence-corrected chi connectivity index (χ3v) is 4.72. The number of rotatable bonds is 2. The molecule has 0 unspecified atom stereocenters. The molecule has 1 aromatic carbocycles. The Morgan fingerprint density at radius 2 is 1.57 bits per heavy atom. The number of guanidine groups is 1. The smallest absolute Gasteiger partial charge is 0.437 e. The van der Waals surface area contributed by atoms with Crippen molar-refractivity contribution >= 4 is 24.2 Å². The minimum Gasteiger partial charge on any atom is -0.443 e. The first-order valence-electron chi connectivity index (χ1n) is 11.3. The van der Waals surface area contributed by atoms with Crippen LogP contribution >= 0.6 is 0 Å². The quantitative estimate of drug-likeness (QED) is 0.448. The highest BCUT2D eigenvalue weighted by Crippen LogP contribution is 2.19. The predicted octanol–water partition coefficient (Wildman–Crippen LogP) is 4.38. The number of halogens is 1. The van der Waals surface area contributed by atoms with Gasteiger partial charge in [0.15, 0.2) is 0 Å². The number of aryl methyl sites for hydroxylation is 1. The van der Waals surface area contributed by atoms with Crippen LogP contribution in [0, 0.1) is 12.7 Å². The summed E-state index contributed by atoms with van der Waals surface area (Å²) in [6.07, 6.45) is -1.71. The molecule has 0 spiro atoms. The lowest BCUT2D eigenvalue weighted by molar-refractivity contribution is 0.0300. The molecule has 0 saturated carbocycles. The third-order valence-electron chi connectivity index (χ3n) is 4.72. The van der Waals surface area contributed by atoms with Gasteiger partial charge in [-0.15, -0.1) is 4.99 Å². The molecule has 2 rings (SSSR count). The Bertz CT molecular complexity index is 985. The molecule has 1 aliphatic heterocycles. The van der Waals surface area contributed by atoms with Crippen molar-refractivity contribution < 1.29 is 28.2 Å². The first-order chi connectivity index (χ1) is 16.0. The zero-order valence-corrected chi connectivity index (χ0v) is 22.0. The molecule has 0 N–H and O–H groups in total. The number of nitrogens with zero attached hydrogens (tertiary/aromatic N) is 5. The topological polar surface area (TPSA) is 95.0 Å². The second-order valence-electron chi connectivity index (χ2n) is 10.5. The molecule has 10 nitrogen and oxygen atoms in total. The number of hydrogen-bond donors (Lipinski definition) is 0. The summed E-state index contributed by atoms with van der Waals surface area (Å²) >= 11 is 0. The van der Waals surface area contributed by atoms with Crippen LogP contribution < -0.4 is 0 Å². The number of urea groups is 1. The van der Waals surface area contributed by atoms with Crippen molar-refractivity contribution in [2.75, 3.05) is 27.4 Å². The molecule has 1 aliphatic rings. The van der Waals surface area contributed by atoms with Gasteiger partial charge in [0, 0.05) is 14.1 Å². The van der Waals surface area contributed by atoms with Crippen LogP contribution in [-0.2, 0) is 16.0 Å². The fraction of sp³-hybridized carbons (Fsp3) is 0.583. The third kappa shape index (κ3) is 8.11. The average molecular weight is 494 g/mol. The SMILES string of the molecule is Cc1ccc(CN(C(=O)OC(C)(C)C)/C(=N/C(=O)OC(C)(C)C)N2CN(C)C(=O)N(C)C2)cc1F. The maximum Gasteiger partial charge on any atom is 0.437 e. The van der Waals surface area contributed by atoms with E-state index < -0.39 is 29.2 Å². The molecule has 1 aromatic rings. The molecule has 1 heterocycles. The van der Waals surface area contributed by atoms with Crippen LogP contribution in [0.4, 0.5) is 18.8 Å². The Balaban J connectivity index is 2.59. The number of carbonyl (C=O) groups is 3. The Morgan fingerprint density at radius 1 is 1.03 bits per heavy atom. The highest BCUT2D eigenvalue weighted by molar-refractivity contribution is 5.99. The predicted molar refractivity (Wildman–Crippen MR) is 129 cm³/mol. The number of benzene rings is 1. The van der Waals surface area contributed by atoms with Crippen molar-refractivity contribution in [3.8, 4) is 0 Å². The molecule has 194 valence electrons. The largest absolute Gasteiger partial charge is 0.443 e. The lowest BCUT2D eigenvalue weighted by Crippen LogP contribution is -2.60. The Kier molecular flexibility index (Phi) is 8.35. The van der Waals surface area contributed by atoms with Gasteiger partial charge in [0.05, 0.1) is 19.9 Å². The number of aliphatic imine (C=N–C) groups is 1. The number of hydrogen-bond acceptors (Lipinski definition) is 5. The van der Waals surface area contributed by atoms with Crippen LogP contribution in [0.5, 0.6) is 0 Å². The van der Waals surface area contributed by atoms with E-state index in [1.54, 1.807) is 79.6 Å². The summed E-state index contributed by atoms with van der Waals surface area (Å²) in [4.78, 5) is 48.0. The molecule has 0 atom stereocenters. The van der Waals surface area contributed by atoms with Crippen molar-refractivity contribution in [1.82, 2.24) is 19.6 Å². The van der Waals surface area contributed by atoms with Crippen molar-refractivity contribution in [1.29, 1.82) is 0 Å². The van der Waals surface area contributed by atoms with E-state index in [-0.39, 0.29) is 31.9 Å². The van der Waals surface area contributed by atoms with Crippen LogP contribution in [-0.4, -0.2) is 82.4 Å². The van der Waals surface area contributed by atoms with Gasteiger partial charge in [0.25, 0.3) is 0 Å². The second-order valence-corrected chi connectivity index (χ2v) is 10.5. The minimum atomic E-state index is -0.918. The summed E-state index contributed by atoms with van der Waals surface area (Å²) in [5, 5.41) is 0. The molecule has 35 heavy (non-hydrogen) atoms. The van der Waals surface area contributed by atoms with Crippen molar-refractivity contribution in [2.24, 2.45) is 4.99 Å². The second kappa shape index (κ2) is 10.5. The van der Waals surface area contributed by atoms with Crippen LogP contribution in [0.1, 0.15) is 52.7 Å². The molecule has 0 radical (unpaired) electrons. The zero-order chi connectivity index (χ0) is 26.7. The van der Waals surface area contributed by atoms with Gasteiger partial charge in [-0.1, -0.05) is 12.1 Å². The molecular formula is C24H36FN5O5. The van der Waals surface area contributed by atoms with Crippen molar-refractivity contribution in [2.45, 2.75) is 66.2 Å². The fourth-order valence-corrected chi connectivity index (χ4v) is 3.22. The molecule has 1 fully saturated rings. The van der Waals surface area contributed by atoms with Crippen LogP contribution in [0.25, 0.3) is 0 Å². The summed E-state index contributed by atoms with van der Waals surface area (Å²) in [7, 11) is 3.17. The summed E-state index contributed by atoms with van der Waals surface area (Å²) in [6.45, 7) is 11.8. The molecule has 11 heteroatoms. The van der Waals surface area contributed by atoms with Crippen LogP contribution in [0.15, 0.2) is 23.2 Å². The molecule has 1 saturated heterocycles. The molecular weight excluding hydrogens is 457 g/mol. The Morgan fingerprint density at radius 3 is 2.06 bits per heavy atom. The average Bonchev–Trinajstić information content (AvgIpc) is 2.68. The zero-order valence-electron chi connectivity index (χ0n) is 22.0. The van der Waals surface area contributed by atoms with Crippen molar-refractivity contribution in [3.05, 3.63) is 35.1 Å². The lowest BCUT2D eigenvalue weighted by atomic mass is 10.1. The van der Waals surface area contributed by atoms with E-state index in [2.05, 4.69) is 4.99 Å². The number of ether oxygens (including phenoxy) is 2. The van der Waals surface area contributed by atoms with Gasteiger partial charge >= 0.3 is 18.2 Å². The summed E-state index contributed by atoms with van der Waals surface area (Å²) < 4.78 is 25.3. The molecule has 0 aromatic heterocycles. The van der Waals surface area contributed by atoms with E-state index in [0.29, 0.717) is 11.1 Å². The first kappa shape index (κ1) is 27.9. The maximum absolute atomic E-state index is 14.3. The monoisotopic (exact) mass is 493 g/mol. The highest BCUT2D eigenvalue weighted by Gasteiger charge is 2.35. The van der Waals surface area contributed by atoms with Gasteiger partial charge in [-0.3, -0.25) is 0 Å². The number of carbonyl (C=O) groups excluding carboxylic acids is 3. The van der Waals surface area contributed by atoms with Gasteiger partial charge in [-0.25, -0.2) is 23.7 Å². The maximum atomic E-state index is 14.3. The Hall–Kier alpha value is -3.37. The molecule has 4 amide bonds. The van der Waals surface area contributed by atoms with E-state index in [0.717, 1.165) is 4.90 Å². The van der Waals surface area contributed by atoms with E-state index >= 15 is 0 Å². The number of amides is 4. The first-order valence-corrected chi connectivity index (χ1v) is 11.3. The summed E-state index contributed by atoms with van der Waals surface area (Å²) in [5.74, 6) is -0.513. The van der Waals surface area contributed by atoms with Gasteiger partial charge in [-0.2, -0.15) is 0 Å². The van der Waals surface area contributed by atoms with E-state index in [1.807, 2.05) is 0 Å². The van der Waals surface area contributed by atoms with Gasteiger partial charge in [0.2, 0.25) is 5.96 Å². The van der Waals surface area contributed by atoms with E-state index in [9.17, 15) is 18.8 Å². The summed E-state index contributed by atoms with van der Waals surface area (Å²) in [5.41, 5.74) is -0.756. The minimum absolute atomic E-state index is 0.0480. The lowest BCUT2D eigenvalue weighted by Gasteiger charge is -2.42. The van der Waals surface area contributed by atoms with Crippen LogP contribution in [0.2, 0.25) is 0 Å². The normalized spacial score (nSPS) is 15.3. The highest BCUT2D eigenvalue weighted by atomic mass is 19.1. The van der Waals surface area contributed by atoms with Gasteiger partial charge in [-0.05, 0) is 65.7 Å². The van der Waals surface area contributed by atoms with Crippen LogP contribution in [0.3, 0.4) is 0 Å². The standard InChI is InChI=1S/C24H36FN5O5/c1-16-10-11-17(12-18(16)25)13-30(22(33)35-24(5,6)7)19(26-20(31)34-23(2,3)4)29-14-27(8)21(32)28(9)15-29/h10-12H,13-15H2,1-9H3/b26-19+. The Labute approximate surface area is 206 Å². The van der Waals surface area contributed by atoms with E-state index in [4.69, 9.17) is 9.47 Å². The molecule has 0 bridgehead atoms. The van der Waals surface area contributed by atoms with Crippen molar-refractivity contribution in [3.63, 3.8) is 0 Å². The summed E-state index contributed by atoms with van der Waals surface area (Å²) in [6, 6.07) is 4.36. The van der Waals surface area contributed by atoms with Gasteiger partial charge < -0.3 is 24.2 Å². The van der Waals surface area contributed by atoms with Gasteiger partial charge in [0.1, 0.15) is 17.0 Å².